The molecule has 0 saturated heterocycles. The molecule has 1 amide bonds. The van der Waals surface area contributed by atoms with Gasteiger partial charge in [0.2, 0.25) is 5.91 Å². The molecule has 1 rings (SSSR count). The van der Waals surface area contributed by atoms with E-state index >= 15 is 0 Å². The Labute approximate surface area is 129 Å². The SMILES string of the molecule is CC=CCS(=O)(=O)CC(=O)NC(C)Cc1c(F)cccc1F. The molecule has 122 valence electrons. The summed E-state index contributed by atoms with van der Waals surface area (Å²) in [5.41, 5.74) is -0.132. The standard InChI is InChI=1S/C15H19F2NO3S/c1-3-4-8-22(20,21)10-15(19)18-11(2)9-12-13(16)6-5-7-14(12)17/h3-7,11H,8-10H2,1-2H3,(H,18,19). The van der Waals surface area contributed by atoms with Crippen LogP contribution in [0.25, 0.3) is 0 Å². The maximum atomic E-state index is 13.5. The first kappa shape index (κ1) is 18.3. The van der Waals surface area contributed by atoms with Crippen LogP contribution in [0.1, 0.15) is 19.4 Å². The Morgan fingerprint density at radius 2 is 1.91 bits per heavy atom. The smallest absolute Gasteiger partial charge is 0.235 e. The molecule has 0 aliphatic heterocycles. The van der Waals surface area contributed by atoms with Crippen molar-refractivity contribution in [3.8, 4) is 0 Å². The Morgan fingerprint density at radius 3 is 2.45 bits per heavy atom. The van der Waals surface area contributed by atoms with Crippen molar-refractivity contribution in [3.05, 3.63) is 47.5 Å². The van der Waals surface area contributed by atoms with Gasteiger partial charge in [0.15, 0.2) is 9.84 Å². The van der Waals surface area contributed by atoms with Crippen molar-refractivity contribution in [1.82, 2.24) is 5.32 Å². The molecule has 1 aromatic rings. The van der Waals surface area contributed by atoms with E-state index in [0.29, 0.717) is 0 Å². The number of halogens is 2. The van der Waals surface area contributed by atoms with E-state index in [1.54, 1.807) is 19.9 Å². The fraction of sp³-hybridized carbons (Fsp3) is 0.400. The first-order chi connectivity index (χ1) is 10.2. The lowest BCUT2D eigenvalue weighted by Crippen LogP contribution is -2.38. The number of carbonyl (C=O) groups is 1. The third-order valence-electron chi connectivity index (χ3n) is 2.92. The second kappa shape index (κ2) is 8.03. The van der Waals surface area contributed by atoms with Gasteiger partial charge in [-0.3, -0.25) is 4.79 Å². The zero-order chi connectivity index (χ0) is 16.8. The lowest BCUT2D eigenvalue weighted by Gasteiger charge is -2.15. The summed E-state index contributed by atoms with van der Waals surface area (Å²) in [5, 5.41) is 2.44. The second-order valence-electron chi connectivity index (χ2n) is 5.00. The minimum absolute atomic E-state index is 0.0564. The minimum atomic E-state index is -3.52. The Bertz CT molecular complexity index is 637. The number of benzene rings is 1. The summed E-state index contributed by atoms with van der Waals surface area (Å²) in [6, 6.07) is 2.93. The molecule has 0 aliphatic carbocycles. The molecule has 22 heavy (non-hydrogen) atoms. The van der Waals surface area contributed by atoms with Crippen molar-refractivity contribution in [3.63, 3.8) is 0 Å². The largest absolute Gasteiger partial charge is 0.352 e. The van der Waals surface area contributed by atoms with Crippen LogP contribution in [0.4, 0.5) is 8.78 Å². The Hall–Kier alpha value is -1.76. The monoisotopic (exact) mass is 331 g/mol. The normalized spacial score (nSPS) is 13.3. The highest BCUT2D eigenvalue weighted by atomic mass is 32.2. The van der Waals surface area contributed by atoms with E-state index in [-0.39, 0.29) is 17.7 Å². The van der Waals surface area contributed by atoms with Crippen molar-refractivity contribution >= 4 is 15.7 Å². The number of nitrogens with one attached hydrogen (secondary N) is 1. The van der Waals surface area contributed by atoms with Gasteiger partial charge in [-0.2, -0.15) is 0 Å². The fourth-order valence-electron chi connectivity index (χ4n) is 1.90. The molecular weight excluding hydrogens is 312 g/mol. The van der Waals surface area contributed by atoms with E-state index in [1.807, 2.05) is 0 Å². The molecule has 0 aliphatic rings. The van der Waals surface area contributed by atoms with Gasteiger partial charge in [-0.05, 0) is 32.4 Å². The van der Waals surface area contributed by atoms with Gasteiger partial charge in [-0.1, -0.05) is 18.2 Å². The van der Waals surface area contributed by atoms with Gasteiger partial charge in [-0.15, -0.1) is 0 Å². The highest BCUT2D eigenvalue weighted by Gasteiger charge is 2.18. The van der Waals surface area contributed by atoms with Crippen LogP contribution >= 0.6 is 0 Å². The first-order valence-corrected chi connectivity index (χ1v) is 8.61. The van der Waals surface area contributed by atoms with E-state index in [1.165, 1.54) is 12.1 Å². The van der Waals surface area contributed by atoms with Gasteiger partial charge < -0.3 is 5.32 Å². The van der Waals surface area contributed by atoms with Gasteiger partial charge in [0.1, 0.15) is 17.4 Å². The minimum Gasteiger partial charge on any atom is -0.352 e. The second-order valence-corrected chi connectivity index (χ2v) is 7.11. The number of sulfone groups is 1. The third kappa shape index (κ3) is 5.93. The topological polar surface area (TPSA) is 63.2 Å². The zero-order valence-corrected chi connectivity index (χ0v) is 13.3. The number of rotatable bonds is 7. The van der Waals surface area contributed by atoms with E-state index in [2.05, 4.69) is 5.32 Å². The molecule has 4 nitrogen and oxygen atoms in total. The molecule has 0 spiro atoms. The van der Waals surface area contributed by atoms with Crippen LogP contribution in [0.5, 0.6) is 0 Å². The fourth-order valence-corrected chi connectivity index (χ4v) is 2.99. The molecule has 1 N–H and O–H groups in total. The molecule has 0 radical (unpaired) electrons. The number of allylic oxidation sites excluding steroid dienone is 1. The van der Waals surface area contributed by atoms with Crippen molar-refractivity contribution < 1.29 is 22.0 Å². The van der Waals surface area contributed by atoms with Crippen LogP contribution in [-0.2, 0) is 21.1 Å². The van der Waals surface area contributed by atoms with Crippen LogP contribution in [0.15, 0.2) is 30.4 Å². The lowest BCUT2D eigenvalue weighted by molar-refractivity contribution is -0.119. The number of hydrogen-bond donors (Lipinski definition) is 1. The Kier molecular flexibility index (Phi) is 6.67. The van der Waals surface area contributed by atoms with E-state index in [9.17, 15) is 22.0 Å². The average Bonchev–Trinajstić information content (AvgIpc) is 2.40. The van der Waals surface area contributed by atoms with Crippen LogP contribution in [0.2, 0.25) is 0 Å². The maximum absolute atomic E-state index is 13.5. The number of carbonyl (C=O) groups excluding carboxylic acids is 1. The Morgan fingerprint density at radius 1 is 1.32 bits per heavy atom. The zero-order valence-electron chi connectivity index (χ0n) is 12.5. The van der Waals surface area contributed by atoms with Gasteiger partial charge in [0.05, 0.1) is 5.75 Å². The van der Waals surface area contributed by atoms with Gasteiger partial charge in [0, 0.05) is 11.6 Å². The molecule has 0 fully saturated rings. The van der Waals surface area contributed by atoms with E-state index in [0.717, 1.165) is 12.1 Å². The number of hydrogen-bond acceptors (Lipinski definition) is 3. The van der Waals surface area contributed by atoms with Crippen molar-refractivity contribution in [2.45, 2.75) is 26.3 Å². The quantitative estimate of drug-likeness (QED) is 0.777. The summed E-state index contributed by atoms with van der Waals surface area (Å²) in [6.07, 6.45) is 2.97. The average molecular weight is 331 g/mol. The molecule has 0 saturated carbocycles. The molecular formula is C15H19F2NO3S. The predicted molar refractivity (Wildman–Crippen MR) is 81.1 cm³/mol. The molecule has 0 heterocycles. The van der Waals surface area contributed by atoms with E-state index in [4.69, 9.17) is 0 Å². The summed E-state index contributed by atoms with van der Waals surface area (Å²) in [7, 11) is -3.52. The first-order valence-electron chi connectivity index (χ1n) is 6.79. The van der Waals surface area contributed by atoms with Crippen LogP contribution < -0.4 is 5.32 Å². The van der Waals surface area contributed by atoms with Crippen molar-refractivity contribution in [2.24, 2.45) is 0 Å². The maximum Gasteiger partial charge on any atom is 0.235 e. The molecule has 7 heteroatoms. The summed E-state index contributed by atoms with van der Waals surface area (Å²) in [5.74, 6) is -2.94. The van der Waals surface area contributed by atoms with Crippen LogP contribution in [-0.4, -0.2) is 31.9 Å². The van der Waals surface area contributed by atoms with Crippen LogP contribution in [0.3, 0.4) is 0 Å². The van der Waals surface area contributed by atoms with Crippen molar-refractivity contribution in [1.29, 1.82) is 0 Å². The highest BCUT2D eigenvalue weighted by molar-refractivity contribution is 7.92. The lowest BCUT2D eigenvalue weighted by atomic mass is 10.1. The van der Waals surface area contributed by atoms with Gasteiger partial charge >= 0.3 is 0 Å². The summed E-state index contributed by atoms with van der Waals surface area (Å²) < 4.78 is 50.2. The van der Waals surface area contributed by atoms with Gasteiger partial charge in [0.25, 0.3) is 0 Å². The number of amides is 1. The molecule has 1 aromatic carbocycles. The summed E-state index contributed by atoms with van der Waals surface area (Å²) in [4.78, 5) is 11.7. The predicted octanol–water partition coefficient (Wildman–Crippen LogP) is 2.00. The van der Waals surface area contributed by atoms with Gasteiger partial charge in [-0.25, -0.2) is 17.2 Å². The molecule has 1 unspecified atom stereocenters. The summed E-state index contributed by atoms with van der Waals surface area (Å²) >= 11 is 0. The molecule has 1 atom stereocenters. The van der Waals surface area contributed by atoms with Crippen molar-refractivity contribution in [2.75, 3.05) is 11.5 Å². The highest BCUT2D eigenvalue weighted by Crippen LogP contribution is 2.14. The van der Waals surface area contributed by atoms with E-state index < -0.39 is 39.2 Å². The Balaban J connectivity index is 2.62. The molecule has 0 bridgehead atoms. The van der Waals surface area contributed by atoms with Crippen LogP contribution in [0, 0.1) is 11.6 Å². The summed E-state index contributed by atoms with van der Waals surface area (Å²) in [6.45, 7) is 3.24. The third-order valence-corrected chi connectivity index (χ3v) is 4.32. The molecule has 0 aromatic heterocycles.